The van der Waals surface area contributed by atoms with Gasteiger partial charge < -0.3 is 9.88 Å². The van der Waals surface area contributed by atoms with Crippen LogP contribution in [0.3, 0.4) is 0 Å². The quantitative estimate of drug-likeness (QED) is 0.179. The zero-order chi connectivity index (χ0) is 24.5. The molecule has 5 heteroatoms. The molecule has 3 aromatic carbocycles. The Hall–Kier alpha value is -3.31. The van der Waals surface area contributed by atoms with Gasteiger partial charge in [0, 0.05) is 35.9 Å². The Morgan fingerprint density at radius 1 is 0.857 bits per heavy atom. The lowest BCUT2D eigenvalue weighted by molar-refractivity contribution is -0.121. The Labute approximate surface area is 212 Å². The van der Waals surface area contributed by atoms with E-state index in [0.29, 0.717) is 13.0 Å². The molecule has 0 radical (unpaired) electrons. The van der Waals surface area contributed by atoms with Crippen LogP contribution >= 0.6 is 11.8 Å². The molecule has 4 aromatic rings. The second-order valence-electron chi connectivity index (χ2n) is 8.86. The molecule has 0 aliphatic carbocycles. The SMILES string of the molecule is CC(C)n1c(SCCCCC(=O)NCc2ccccc2)nc(-c2ccccc2)c1-c1ccccc1. The van der Waals surface area contributed by atoms with Gasteiger partial charge in [-0.3, -0.25) is 4.79 Å². The molecular weight excluding hydrogens is 450 g/mol. The molecule has 0 bridgehead atoms. The monoisotopic (exact) mass is 483 g/mol. The molecule has 35 heavy (non-hydrogen) atoms. The van der Waals surface area contributed by atoms with E-state index in [0.717, 1.165) is 46.3 Å². The van der Waals surface area contributed by atoms with E-state index >= 15 is 0 Å². The van der Waals surface area contributed by atoms with Crippen molar-refractivity contribution in [1.29, 1.82) is 0 Å². The number of aromatic nitrogens is 2. The van der Waals surface area contributed by atoms with Crippen LogP contribution in [0.5, 0.6) is 0 Å². The van der Waals surface area contributed by atoms with Gasteiger partial charge in [0.05, 0.1) is 11.4 Å². The largest absolute Gasteiger partial charge is 0.352 e. The number of hydrogen-bond donors (Lipinski definition) is 1. The van der Waals surface area contributed by atoms with Crippen molar-refractivity contribution in [2.45, 2.75) is 50.9 Å². The van der Waals surface area contributed by atoms with E-state index in [9.17, 15) is 4.79 Å². The first kappa shape index (κ1) is 24.8. The summed E-state index contributed by atoms with van der Waals surface area (Å²) in [6, 6.07) is 31.3. The fraction of sp³-hybridized carbons (Fsp3) is 0.267. The van der Waals surface area contributed by atoms with Gasteiger partial charge in [-0.1, -0.05) is 103 Å². The van der Waals surface area contributed by atoms with Gasteiger partial charge in [0.25, 0.3) is 0 Å². The number of unbranched alkanes of at least 4 members (excludes halogenated alkanes) is 1. The van der Waals surface area contributed by atoms with Crippen LogP contribution in [0.2, 0.25) is 0 Å². The molecule has 0 atom stereocenters. The molecule has 0 fully saturated rings. The molecule has 1 heterocycles. The third-order valence-electron chi connectivity index (χ3n) is 5.85. The van der Waals surface area contributed by atoms with Crippen molar-refractivity contribution in [2.24, 2.45) is 0 Å². The molecule has 0 spiro atoms. The second-order valence-corrected chi connectivity index (χ2v) is 9.92. The number of carbonyl (C=O) groups is 1. The number of rotatable bonds is 11. The third kappa shape index (κ3) is 6.64. The third-order valence-corrected chi connectivity index (χ3v) is 6.89. The second kappa shape index (κ2) is 12.4. The Morgan fingerprint density at radius 2 is 1.46 bits per heavy atom. The Bertz CT molecular complexity index is 1200. The number of imidazole rings is 1. The number of nitrogens with one attached hydrogen (secondary N) is 1. The molecule has 0 saturated carbocycles. The molecule has 180 valence electrons. The molecule has 0 aliphatic rings. The lowest BCUT2D eigenvalue weighted by Gasteiger charge is -2.16. The van der Waals surface area contributed by atoms with E-state index in [1.165, 1.54) is 5.56 Å². The molecule has 0 saturated heterocycles. The summed E-state index contributed by atoms with van der Waals surface area (Å²) in [6.07, 6.45) is 2.39. The minimum Gasteiger partial charge on any atom is -0.352 e. The van der Waals surface area contributed by atoms with Crippen molar-refractivity contribution in [3.63, 3.8) is 0 Å². The number of carbonyl (C=O) groups excluding carboxylic acids is 1. The van der Waals surface area contributed by atoms with Crippen molar-refractivity contribution in [1.82, 2.24) is 14.9 Å². The summed E-state index contributed by atoms with van der Waals surface area (Å²) in [5.41, 5.74) is 5.61. The maximum atomic E-state index is 12.2. The van der Waals surface area contributed by atoms with Crippen LogP contribution in [0.4, 0.5) is 0 Å². The lowest BCUT2D eigenvalue weighted by atomic mass is 10.0. The van der Waals surface area contributed by atoms with E-state index in [-0.39, 0.29) is 11.9 Å². The van der Waals surface area contributed by atoms with Crippen molar-refractivity contribution in [3.8, 4) is 22.5 Å². The van der Waals surface area contributed by atoms with Crippen LogP contribution in [0.15, 0.2) is 96.2 Å². The standard InChI is InChI=1S/C30H33N3OS/c1-23(2)33-29(26-18-10-5-11-19-26)28(25-16-8-4-9-17-25)32-30(33)35-21-13-12-20-27(34)31-22-24-14-6-3-7-15-24/h3-11,14-19,23H,12-13,20-22H2,1-2H3,(H,31,34). The molecule has 1 N–H and O–H groups in total. The zero-order valence-electron chi connectivity index (χ0n) is 20.5. The summed E-state index contributed by atoms with van der Waals surface area (Å²) in [6.45, 7) is 5.01. The van der Waals surface area contributed by atoms with Crippen LogP contribution in [0, 0.1) is 0 Å². The van der Waals surface area contributed by atoms with Crippen LogP contribution in [0.1, 0.15) is 44.7 Å². The summed E-state index contributed by atoms with van der Waals surface area (Å²) in [5.74, 6) is 1.04. The molecule has 0 aliphatic heterocycles. The summed E-state index contributed by atoms with van der Waals surface area (Å²) in [4.78, 5) is 17.3. The van der Waals surface area contributed by atoms with Gasteiger partial charge in [0.1, 0.15) is 0 Å². The summed E-state index contributed by atoms with van der Waals surface area (Å²) >= 11 is 1.78. The van der Waals surface area contributed by atoms with Gasteiger partial charge in [-0.15, -0.1) is 0 Å². The van der Waals surface area contributed by atoms with Crippen molar-refractivity contribution >= 4 is 17.7 Å². The Morgan fingerprint density at radius 3 is 2.09 bits per heavy atom. The highest BCUT2D eigenvalue weighted by Crippen LogP contribution is 2.38. The molecule has 1 amide bonds. The predicted octanol–water partition coefficient (Wildman–Crippen LogP) is 7.38. The van der Waals surface area contributed by atoms with Gasteiger partial charge in [0.2, 0.25) is 5.91 Å². The average Bonchev–Trinajstić information content (AvgIpc) is 3.29. The highest BCUT2D eigenvalue weighted by Gasteiger charge is 2.21. The summed E-state index contributed by atoms with van der Waals surface area (Å²) < 4.78 is 2.36. The number of nitrogens with zero attached hydrogens (tertiary/aromatic N) is 2. The first-order valence-corrected chi connectivity index (χ1v) is 13.3. The first-order valence-electron chi connectivity index (χ1n) is 12.3. The zero-order valence-corrected chi connectivity index (χ0v) is 21.3. The smallest absolute Gasteiger partial charge is 0.220 e. The fourth-order valence-electron chi connectivity index (χ4n) is 4.10. The first-order chi connectivity index (χ1) is 17.1. The van der Waals surface area contributed by atoms with Crippen LogP contribution in [0.25, 0.3) is 22.5 Å². The van der Waals surface area contributed by atoms with Crippen molar-refractivity contribution < 1.29 is 4.79 Å². The van der Waals surface area contributed by atoms with Gasteiger partial charge in [-0.25, -0.2) is 4.98 Å². The summed E-state index contributed by atoms with van der Waals surface area (Å²) in [7, 11) is 0. The molecule has 1 aromatic heterocycles. The van der Waals surface area contributed by atoms with E-state index in [1.807, 2.05) is 42.5 Å². The normalized spacial score (nSPS) is 11.1. The highest BCUT2D eigenvalue weighted by molar-refractivity contribution is 7.99. The maximum absolute atomic E-state index is 12.2. The lowest BCUT2D eigenvalue weighted by Crippen LogP contribution is -2.22. The van der Waals surface area contributed by atoms with Gasteiger partial charge in [-0.2, -0.15) is 0 Å². The Balaban J connectivity index is 1.41. The Kier molecular flexibility index (Phi) is 8.79. The van der Waals surface area contributed by atoms with Gasteiger partial charge in [-0.05, 0) is 32.3 Å². The topological polar surface area (TPSA) is 46.9 Å². The van der Waals surface area contributed by atoms with E-state index in [1.54, 1.807) is 11.8 Å². The van der Waals surface area contributed by atoms with E-state index in [4.69, 9.17) is 4.98 Å². The molecule has 0 unspecified atom stereocenters. The minimum atomic E-state index is 0.111. The van der Waals surface area contributed by atoms with Crippen molar-refractivity contribution in [2.75, 3.05) is 5.75 Å². The van der Waals surface area contributed by atoms with Crippen LogP contribution in [-0.4, -0.2) is 21.2 Å². The van der Waals surface area contributed by atoms with E-state index < -0.39 is 0 Å². The van der Waals surface area contributed by atoms with Crippen molar-refractivity contribution in [3.05, 3.63) is 96.6 Å². The van der Waals surface area contributed by atoms with Crippen LogP contribution < -0.4 is 5.32 Å². The summed E-state index contributed by atoms with van der Waals surface area (Å²) in [5, 5.41) is 4.05. The predicted molar refractivity (Wildman–Crippen MR) is 146 cm³/mol. The number of hydrogen-bond acceptors (Lipinski definition) is 3. The molecule has 4 nitrogen and oxygen atoms in total. The van der Waals surface area contributed by atoms with E-state index in [2.05, 4.69) is 72.3 Å². The fourth-order valence-corrected chi connectivity index (χ4v) is 5.23. The number of amides is 1. The van der Waals surface area contributed by atoms with Gasteiger partial charge >= 0.3 is 0 Å². The van der Waals surface area contributed by atoms with Gasteiger partial charge in [0.15, 0.2) is 5.16 Å². The molecule has 4 rings (SSSR count). The maximum Gasteiger partial charge on any atom is 0.220 e. The molecular formula is C30H33N3OS. The average molecular weight is 484 g/mol. The number of benzene rings is 3. The van der Waals surface area contributed by atoms with Crippen LogP contribution in [-0.2, 0) is 11.3 Å². The minimum absolute atomic E-state index is 0.111. The number of thioether (sulfide) groups is 1. The highest BCUT2D eigenvalue weighted by atomic mass is 32.2.